The Hall–Kier alpha value is -2.70. The maximum absolute atomic E-state index is 11.5. The second-order valence-electron chi connectivity index (χ2n) is 8.55. The van der Waals surface area contributed by atoms with E-state index in [0.29, 0.717) is 13.0 Å². The molecule has 0 radical (unpaired) electrons. The number of carbonyl (C=O) groups is 6. The summed E-state index contributed by atoms with van der Waals surface area (Å²) in [7, 11) is 0. The first-order valence-electron chi connectivity index (χ1n) is 12.8. The van der Waals surface area contributed by atoms with Gasteiger partial charge >= 0.3 is 23.6 Å². The molecule has 0 aromatic heterocycles. The summed E-state index contributed by atoms with van der Waals surface area (Å²) in [5.74, 6) is -8.79. The van der Waals surface area contributed by atoms with Crippen molar-refractivity contribution in [3.05, 3.63) is 0 Å². The van der Waals surface area contributed by atoms with E-state index in [9.17, 15) is 28.8 Å². The second kappa shape index (κ2) is 22.7. The normalized spacial score (nSPS) is 10.7. The van der Waals surface area contributed by atoms with Crippen LogP contribution in [-0.4, -0.2) is 84.8 Å². The van der Waals surface area contributed by atoms with Crippen molar-refractivity contribution in [2.24, 2.45) is 0 Å². The van der Waals surface area contributed by atoms with E-state index in [-0.39, 0.29) is 13.0 Å². The van der Waals surface area contributed by atoms with E-state index in [1.165, 1.54) is 32.1 Å². The molecule has 12 nitrogen and oxygen atoms in total. The highest BCUT2D eigenvalue weighted by Crippen LogP contribution is 2.10. The number of Topliss-reactive ketones (excluding diaryl/α,β-unsaturated/α-hetero) is 2. The van der Waals surface area contributed by atoms with Crippen molar-refractivity contribution in [3.8, 4) is 0 Å². The highest BCUT2D eigenvalue weighted by Gasteiger charge is 2.29. The lowest BCUT2D eigenvalue weighted by Crippen LogP contribution is -2.44. The molecule has 0 saturated heterocycles. The molecule has 0 spiro atoms. The zero-order valence-corrected chi connectivity index (χ0v) is 21.1. The standard InChI is InChI=1S/C24H42N4O8/c29-19(28-23(34)21(32)22(33)24(35)36)18-27-14-10-8-6-4-2-1-3-5-7-9-13-25-16-17-26-15-11-12-20(30)31/h25-27H,1-18H2,(H,30,31)(H,35,36)(H,28,29,34). The van der Waals surface area contributed by atoms with Gasteiger partial charge in [-0.15, -0.1) is 0 Å². The van der Waals surface area contributed by atoms with Crippen LogP contribution in [0.4, 0.5) is 0 Å². The highest BCUT2D eigenvalue weighted by atomic mass is 16.4. The number of unbranched alkanes of at least 4 members (excludes halogenated alkanes) is 9. The number of nitrogens with one attached hydrogen (secondary N) is 4. The lowest BCUT2D eigenvalue weighted by atomic mass is 10.1. The molecule has 0 bridgehead atoms. The lowest BCUT2D eigenvalue weighted by Gasteiger charge is -2.06. The summed E-state index contributed by atoms with van der Waals surface area (Å²) in [5, 5.41) is 28.0. The van der Waals surface area contributed by atoms with E-state index in [0.717, 1.165) is 58.3 Å². The summed E-state index contributed by atoms with van der Waals surface area (Å²) in [4.78, 5) is 65.6. The van der Waals surface area contributed by atoms with Gasteiger partial charge in [0.2, 0.25) is 5.91 Å². The number of carboxylic acids is 2. The van der Waals surface area contributed by atoms with Crippen LogP contribution in [0.5, 0.6) is 0 Å². The van der Waals surface area contributed by atoms with Crippen LogP contribution >= 0.6 is 0 Å². The molecule has 2 amide bonds. The molecule has 0 aliphatic carbocycles. The quantitative estimate of drug-likeness (QED) is 0.0561. The number of imide groups is 1. The fourth-order valence-corrected chi connectivity index (χ4v) is 3.34. The largest absolute Gasteiger partial charge is 0.481 e. The fraction of sp³-hybridized carbons (Fsp3) is 0.750. The Kier molecular flexibility index (Phi) is 21.0. The Morgan fingerprint density at radius 2 is 0.944 bits per heavy atom. The van der Waals surface area contributed by atoms with Gasteiger partial charge in [-0.3, -0.25) is 29.3 Å². The first-order valence-corrected chi connectivity index (χ1v) is 12.8. The minimum atomic E-state index is -2.04. The minimum Gasteiger partial charge on any atom is -0.481 e. The molecule has 0 unspecified atom stereocenters. The van der Waals surface area contributed by atoms with Crippen LogP contribution in [0.15, 0.2) is 0 Å². The number of carboxylic acid groups (broad SMARTS) is 2. The SMILES string of the molecule is O=C(O)CCCNCCNCCCCCCCCCCCCNCC(=O)NC(=O)C(=O)C(=O)C(=O)O. The molecule has 6 N–H and O–H groups in total. The molecule has 0 aromatic carbocycles. The fourth-order valence-electron chi connectivity index (χ4n) is 3.34. The van der Waals surface area contributed by atoms with E-state index < -0.39 is 35.3 Å². The number of rotatable bonds is 25. The Morgan fingerprint density at radius 3 is 1.42 bits per heavy atom. The summed E-state index contributed by atoms with van der Waals surface area (Å²) in [6.45, 7) is 3.85. The molecule has 0 heterocycles. The molecular formula is C24H42N4O8. The molecule has 206 valence electrons. The predicted octanol–water partition coefficient (Wildman–Crippen LogP) is 0.387. The van der Waals surface area contributed by atoms with Crippen LogP contribution in [0.1, 0.15) is 77.0 Å². The van der Waals surface area contributed by atoms with Crippen LogP contribution in [0.3, 0.4) is 0 Å². The molecule has 0 fully saturated rings. The number of hydrogen-bond donors (Lipinski definition) is 6. The van der Waals surface area contributed by atoms with Gasteiger partial charge in [-0.1, -0.05) is 51.4 Å². The summed E-state index contributed by atoms with van der Waals surface area (Å²) >= 11 is 0. The van der Waals surface area contributed by atoms with E-state index in [4.69, 9.17) is 10.2 Å². The van der Waals surface area contributed by atoms with Gasteiger partial charge in [0.15, 0.2) is 0 Å². The van der Waals surface area contributed by atoms with E-state index in [1.54, 1.807) is 5.32 Å². The molecule has 0 aromatic rings. The van der Waals surface area contributed by atoms with Gasteiger partial charge in [0.25, 0.3) is 5.78 Å². The van der Waals surface area contributed by atoms with Crippen molar-refractivity contribution in [3.63, 3.8) is 0 Å². The zero-order valence-electron chi connectivity index (χ0n) is 21.1. The number of amides is 2. The van der Waals surface area contributed by atoms with Crippen LogP contribution < -0.4 is 21.3 Å². The van der Waals surface area contributed by atoms with Gasteiger partial charge in [-0.2, -0.15) is 0 Å². The number of carbonyl (C=O) groups excluding carboxylic acids is 4. The molecule has 0 aliphatic rings. The monoisotopic (exact) mass is 514 g/mol. The number of hydrogen-bond acceptors (Lipinski definition) is 9. The predicted molar refractivity (Wildman–Crippen MR) is 132 cm³/mol. The highest BCUT2D eigenvalue weighted by molar-refractivity contribution is 6.77. The van der Waals surface area contributed by atoms with Crippen molar-refractivity contribution in [2.45, 2.75) is 77.0 Å². The maximum atomic E-state index is 11.5. The van der Waals surface area contributed by atoms with Crippen molar-refractivity contribution >= 4 is 35.3 Å². The Balaban J connectivity index is 3.34. The van der Waals surface area contributed by atoms with Crippen molar-refractivity contribution in [1.29, 1.82) is 0 Å². The molecule has 0 saturated carbocycles. The second-order valence-corrected chi connectivity index (χ2v) is 8.55. The average Bonchev–Trinajstić information content (AvgIpc) is 2.83. The molecule has 36 heavy (non-hydrogen) atoms. The smallest absolute Gasteiger partial charge is 0.381 e. The zero-order chi connectivity index (χ0) is 27.0. The van der Waals surface area contributed by atoms with Crippen LogP contribution in [0.2, 0.25) is 0 Å². The van der Waals surface area contributed by atoms with E-state index in [2.05, 4.69) is 16.0 Å². The van der Waals surface area contributed by atoms with Gasteiger partial charge in [0.05, 0.1) is 6.54 Å². The lowest BCUT2D eigenvalue weighted by molar-refractivity contribution is -0.155. The van der Waals surface area contributed by atoms with Gasteiger partial charge in [0, 0.05) is 19.5 Å². The van der Waals surface area contributed by atoms with Crippen molar-refractivity contribution in [2.75, 3.05) is 39.3 Å². The van der Waals surface area contributed by atoms with Gasteiger partial charge in [-0.25, -0.2) is 4.79 Å². The van der Waals surface area contributed by atoms with E-state index in [1.807, 2.05) is 0 Å². The van der Waals surface area contributed by atoms with Crippen LogP contribution in [-0.2, 0) is 28.8 Å². The van der Waals surface area contributed by atoms with Gasteiger partial charge < -0.3 is 26.2 Å². The number of ketones is 2. The van der Waals surface area contributed by atoms with Gasteiger partial charge in [0.1, 0.15) is 0 Å². The Bertz CT molecular complexity index is 700. The molecule has 0 rings (SSSR count). The summed E-state index contributed by atoms with van der Waals surface area (Å²) < 4.78 is 0. The molecule has 0 atom stereocenters. The van der Waals surface area contributed by atoms with Gasteiger partial charge in [-0.05, 0) is 38.9 Å². The van der Waals surface area contributed by atoms with Crippen molar-refractivity contribution < 1.29 is 39.0 Å². The van der Waals surface area contributed by atoms with Crippen LogP contribution in [0.25, 0.3) is 0 Å². The Labute approximate surface area is 212 Å². The third kappa shape index (κ3) is 20.7. The summed E-state index contributed by atoms with van der Waals surface area (Å²) in [6.07, 6.45) is 12.3. The molecule has 0 aliphatic heterocycles. The van der Waals surface area contributed by atoms with Crippen molar-refractivity contribution in [1.82, 2.24) is 21.3 Å². The maximum Gasteiger partial charge on any atom is 0.381 e. The molecular weight excluding hydrogens is 472 g/mol. The Morgan fingerprint density at radius 1 is 0.500 bits per heavy atom. The number of aliphatic carboxylic acids is 2. The summed E-state index contributed by atoms with van der Waals surface area (Å²) in [6, 6.07) is 0. The topological polar surface area (TPSA) is 191 Å². The first kappa shape index (κ1) is 33.3. The molecule has 12 heteroatoms. The first-order chi connectivity index (χ1) is 17.3. The third-order valence-corrected chi connectivity index (χ3v) is 5.33. The summed E-state index contributed by atoms with van der Waals surface area (Å²) in [5.41, 5.74) is 0. The van der Waals surface area contributed by atoms with Crippen LogP contribution in [0, 0.1) is 0 Å². The average molecular weight is 515 g/mol. The minimum absolute atomic E-state index is 0.207. The third-order valence-electron chi connectivity index (χ3n) is 5.33. The van der Waals surface area contributed by atoms with E-state index >= 15 is 0 Å².